The molecule has 1 saturated heterocycles. The number of aliphatic hydroxyl groups is 1. The first-order valence-corrected chi connectivity index (χ1v) is 4.60. The lowest BCUT2D eigenvalue weighted by Gasteiger charge is -2.03. The predicted molar refractivity (Wildman–Crippen MR) is 47.1 cm³/mol. The number of hydrogen-bond acceptors (Lipinski definition) is 3. The fourth-order valence-corrected chi connectivity index (χ4v) is 1.61. The van der Waals surface area contributed by atoms with Crippen LogP contribution < -0.4 is 0 Å². The van der Waals surface area contributed by atoms with E-state index >= 15 is 0 Å². The first-order chi connectivity index (χ1) is 6.38. The molecule has 1 aromatic rings. The Hall–Kier alpha value is -0.870. The van der Waals surface area contributed by atoms with Crippen molar-refractivity contribution in [2.75, 3.05) is 13.2 Å². The Morgan fingerprint density at radius 3 is 3.23 bits per heavy atom. The third kappa shape index (κ3) is 2.08. The van der Waals surface area contributed by atoms with Crippen LogP contribution in [0, 0.1) is 5.92 Å². The number of H-pyrrole nitrogens is 1. The minimum absolute atomic E-state index is 0.0359. The highest BCUT2D eigenvalue weighted by Gasteiger charge is 2.17. The molecule has 0 radical (unpaired) electrons. The van der Waals surface area contributed by atoms with Gasteiger partial charge in [0.15, 0.2) is 0 Å². The number of imidazole rings is 1. The number of hydrogen-bond donors (Lipinski definition) is 2. The standard InChI is InChI=1S/C9H14N2O2/c12-5-8-4-10-9(11-8)3-7-1-2-13-6-7/h4,7,12H,1-3,5-6H2,(H,10,11). The van der Waals surface area contributed by atoms with Crippen LogP contribution in [0.1, 0.15) is 17.9 Å². The van der Waals surface area contributed by atoms with Crippen LogP contribution in [0.4, 0.5) is 0 Å². The van der Waals surface area contributed by atoms with Gasteiger partial charge in [-0.1, -0.05) is 0 Å². The van der Waals surface area contributed by atoms with Gasteiger partial charge in [-0.3, -0.25) is 0 Å². The summed E-state index contributed by atoms with van der Waals surface area (Å²) in [6, 6.07) is 0. The van der Waals surface area contributed by atoms with Crippen LogP contribution in [0.3, 0.4) is 0 Å². The summed E-state index contributed by atoms with van der Waals surface area (Å²) in [6.07, 6.45) is 3.74. The molecule has 0 aliphatic carbocycles. The molecule has 4 nitrogen and oxygen atoms in total. The van der Waals surface area contributed by atoms with Gasteiger partial charge in [0.05, 0.1) is 18.5 Å². The summed E-state index contributed by atoms with van der Waals surface area (Å²) in [5.74, 6) is 1.55. The van der Waals surface area contributed by atoms with Crippen molar-refractivity contribution in [1.29, 1.82) is 0 Å². The van der Waals surface area contributed by atoms with Crippen molar-refractivity contribution >= 4 is 0 Å². The molecule has 1 fully saturated rings. The molecule has 1 atom stereocenters. The van der Waals surface area contributed by atoms with Gasteiger partial charge in [0.2, 0.25) is 0 Å². The normalized spacial score (nSPS) is 22.4. The van der Waals surface area contributed by atoms with Crippen LogP contribution >= 0.6 is 0 Å². The molecule has 72 valence electrons. The van der Waals surface area contributed by atoms with Crippen LogP contribution in [0.15, 0.2) is 6.20 Å². The monoisotopic (exact) mass is 182 g/mol. The molecular weight excluding hydrogens is 168 g/mol. The Morgan fingerprint density at radius 1 is 1.69 bits per heavy atom. The van der Waals surface area contributed by atoms with Crippen molar-refractivity contribution in [3.63, 3.8) is 0 Å². The molecule has 1 unspecified atom stereocenters. The zero-order chi connectivity index (χ0) is 9.10. The van der Waals surface area contributed by atoms with Crippen molar-refractivity contribution < 1.29 is 9.84 Å². The van der Waals surface area contributed by atoms with Crippen LogP contribution in [-0.4, -0.2) is 28.3 Å². The molecule has 0 saturated carbocycles. The third-order valence-electron chi connectivity index (χ3n) is 2.36. The molecule has 0 bridgehead atoms. The van der Waals surface area contributed by atoms with Gasteiger partial charge in [-0.2, -0.15) is 0 Å². The second-order valence-corrected chi connectivity index (χ2v) is 3.45. The molecule has 13 heavy (non-hydrogen) atoms. The molecule has 2 N–H and O–H groups in total. The van der Waals surface area contributed by atoms with Gasteiger partial charge in [0.25, 0.3) is 0 Å². The van der Waals surface area contributed by atoms with Gasteiger partial charge >= 0.3 is 0 Å². The van der Waals surface area contributed by atoms with Crippen molar-refractivity contribution in [3.05, 3.63) is 17.7 Å². The van der Waals surface area contributed by atoms with E-state index in [4.69, 9.17) is 9.84 Å². The van der Waals surface area contributed by atoms with E-state index in [0.29, 0.717) is 5.92 Å². The molecule has 2 heterocycles. The minimum Gasteiger partial charge on any atom is -0.390 e. The number of aromatic nitrogens is 2. The summed E-state index contributed by atoms with van der Waals surface area (Å²) in [7, 11) is 0. The van der Waals surface area contributed by atoms with Gasteiger partial charge in [0.1, 0.15) is 5.82 Å². The molecule has 0 amide bonds. The Morgan fingerprint density at radius 2 is 2.62 bits per heavy atom. The highest BCUT2D eigenvalue weighted by molar-refractivity contribution is 5.00. The van der Waals surface area contributed by atoms with E-state index in [1.165, 1.54) is 0 Å². The van der Waals surface area contributed by atoms with Crippen LogP contribution in [0.5, 0.6) is 0 Å². The number of nitrogens with one attached hydrogen (secondary N) is 1. The maximum atomic E-state index is 8.82. The number of ether oxygens (including phenoxy) is 1. The zero-order valence-corrected chi connectivity index (χ0v) is 7.49. The number of aliphatic hydroxyl groups excluding tert-OH is 1. The maximum Gasteiger partial charge on any atom is 0.106 e. The molecule has 1 aliphatic rings. The first kappa shape index (κ1) is 8.72. The minimum atomic E-state index is 0.0359. The summed E-state index contributed by atoms with van der Waals surface area (Å²) in [6.45, 7) is 1.75. The van der Waals surface area contributed by atoms with Gasteiger partial charge < -0.3 is 14.8 Å². The molecule has 2 rings (SSSR count). The average molecular weight is 182 g/mol. The van der Waals surface area contributed by atoms with Crippen molar-refractivity contribution in [2.24, 2.45) is 5.92 Å². The summed E-state index contributed by atoms with van der Waals surface area (Å²) >= 11 is 0. The lowest BCUT2D eigenvalue weighted by atomic mass is 10.1. The average Bonchev–Trinajstić information content (AvgIpc) is 2.76. The lowest BCUT2D eigenvalue weighted by Crippen LogP contribution is -2.04. The second-order valence-electron chi connectivity index (χ2n) is 3.45. The van der Waals surface area contributed by atoms with Crippen LogP contribution in [0.2, 0.25) is 0 Å². The number of aromatic amines is 1. The van der Waals surface area contributed by atoms with Crippen LogP contribution in [0.25, 0.3) is 0 Å². The van der Waals surface area contributed by atoms with E-state index in [0.717, 1.165) is 37.6 Å². The third-order valence-corrected chi connectivity index (χ3v) is 2.36. The largest absolute Gasteiger partial charge is 0.390 e. The lowest BCUT2D eigenvalue weighted by molar-refractivity contribution is 0.185. The molecule has 1 aliphatic heterocycles. The Balaban J connectivity index is 1.92. The fourth-order valence-electron chi connectivity index (χ4n) is 1.61. The predicted octanol–water partition coefficient (Wildman–Crippen LogP) is 0.481. The molecule has 0 aromatic carbocycles. The van der Waals surface area contributed by atoms with Crippen molar-refractivity contribution in [1.82, 2.24) is 9.97 Å². The van der Waals surface area contributed by atoms with Crippen molar-refractivity contribution in [3.8, 4) is 0 Å². The maximum absolute atomic E-state index is 8.82. The summed E-state index contributed by atoms with van der Waals surface area (Å²) < 4.78 is 5.27. The van der Waals surface area contributed by atoms with Gasteiger partial charge in [-0.15, -0.1) is 0 Å². The quantitative estimate of drug-likeness (QED) is 0.715. The summed E-state index contributed by atoms with van der Waals surface area (Å²) in [4.78, 5) is 7.25. The van der Waals surface area contributed by atoms with E-state index in [-0.39, 0.29) is 6.61 Å². The highest BCUT2D eigenvalue weighted by Crippen LogP contribution is 2.16. The fraction of sp³-hybridized carbons (Fsp3) is 0.667. The Labute approximate surface area is 77.0 Å². The van der Waals surface area contributed by atoms with Gasteiger partial charge in [0, 0.05) is 19.6 Å². The summed E-state index contributed by atoms with van der Waals surface area (Å²) in [5, 5.41) is 8.82. The molecule has 1 aromatic heterocycles. The first-order valence-electron chi connectivity index (χ1n) is 4.60. The van der Waals surface area contributed by atoms with E-state index in [2.05, 4.69) is 9.97 Å². The summed E-state index contributed by atoms with van der Waals surface area (Å²) in [5.41, 5.74) is 0.786. The van der Waals surface area contributed by atoms with E-state index in [1.807, 2.05) is 0 Å². The van der Waals surface area contributed by atoms with Gasteiger partial charge in [-0.25, -0.2) is 4.98 Å². The number of rotatable bonds is 3. The smallest absolute Gasteiger partial charge is 0.106 e. The van der Waals surface area contributed by atoms with E-state index in [1.54, 1.807) is 6.20 Å². The Kier molecular flexibility index (Phi) is 2.61. The molecule has 4 heteroatoms. The van der Waals surface area contributed by atoms with Crippen molar-refractivity contribution in [2.45, 2.75) is 19.4 Å². The number of nitrogens with zero attached hydrogens (tertiary/aromatic N) is 1. The second kappa shape index (κ2) is 3.89. The SMILES string of the molecule is OCc1cnc(CC2CCOC2)[nH]1. The Bertz CT molecular complexity index is 266. The molecular formula is C9H14N2O2. The van der Waals surface area contributed by atoms with Gasteiger partial charge in [-0.05, 0) is 12.3 Å². The highest BCUT2D eigenvalue weighted by atomic mass is 16.5. The van der Waals surface area contributed by atoms with E-state index < -0.39 is 0 Å². The van der Waals surface area contributed by atoms with Crippen LogP contribution in [-0.2, 0) is 17.8 Å². The van der Waals surface area contributed by atoms with E-state index in [9.17, 15) is 0 Å². The topological polar surface area (TPSA) is 58.1 Å². The zero-order valence-electron chi connectivity index (χ0n) is 7.49. The molecule has 0 spiro atoms.